The topological polar surface area (TPSA) is 9.23 Å². The van der Waals surface area contributed by atoms with Gasteiger partial charge in [-0.15, -0.1) is 0 Å². The molecule has 0 saturated carbocycles. The van der Waals surface area contributed by atoms with E-state index in [-0.39, 0.29) is 11.9 Å². The highest BCUT2D eigenvalue weighted by Gasteiger charge is 2.10. The molecule has 1 unspecified atom stereocenters. The Morgan fingerprint density at radius 2 is 1.88 bits per heavy atom. The molecule has 0 N–H and O–H groups in total. The summed E-state index contributed by atoms with van der Waals surface area (Å²) in [5.41, 5.74) is 1.02. The van der Waals surface area contributed by atoms with E-state index in [0.29, 0.717) is 5.92 Å². The van der Waals surface area contributed by atoms with Gasteiger partial charge in [-0.1, -0.05) is 41.9 Å². The molecule has 0 fully saturated rings. The molecule has 0 spiro atoms. The Bertz CT molecular complexity index is 297. The lowest BCUT2D eigenvalue weighted by molar-refractivity contribution is 0.0622. The first-order valence-electron chi connectivity index (χ1n) is 5.56. The molecule has 1 rings (SSSR count). The van der Waals surface area contributed by atoms with Gasteiger partial charge in [0, 0.05) is 11.9 Å². The molecule has 0 amide bonds. The van der Waals surface area contributed by atoms with Gasteiger partial charge in [-0.05, 0) is 30.0 Å². The van der Waals surface area contributed by atoms with Crippen LogP contribution in [0.25, 0.3) is 0 Å². The fourth-order valence-corrected chi connectivity index (χ4v) is 1.91. The summed E-state index contributed by atoms with van der Waals surface area (Å²) in [5, 5.41) is 0.733. The maximum absolute atomic E-state index is 12.8. The van der Waals surface area contributed by atoms with E-state index in [1.165, 1.54) is 12.1 Å². The van der Waals surface area contributed by atoms with Crippen LogP contribution in [-0.2, 0) is 4.74 Å². The van der Waals surface area contributed by atoms with E-state index in [1.807, 2.05) is 0 Å². The van der Waals surface area contributed by atoms with Crippen LogP contribution in [0, 0.1) is 11.7 Å². The molecule has 16 heavy (non-hydrogen) atoms. The number of benzene rings is 1. The number of hydrogen-bond donors (Lipinski definition) is 0. The minimum absolute atomic E-state index is 0.0133. The molecule has 0 aliphatic carbocycles. The van der Waals surface area contributed by atoms with Crippen molar-refractivity contribution in [2.24, 2.45) is 5.92 Å². The highest BCUT2D eigenvalue weighted by molar-refractivity contribution is 9.09. The van der Waals surface area contributed by atoms with Crippen LogP contribution in [0.4, 0.5) is 4.39 Å². The Labute approximate surface area is 105 Å². The Morgan fingerprint density at radius 1 is 1.25 bits per heavy atom. The Morgan fingerprint density at radius 3 is 2.38 bits per heavy atom. The summed E-state index contributed by atoms with van der Waals surface area (Å²) in [6, 6.07) is 6.49. The van der Waals surface area contributed by atoms with E-state index in [4.69, 9.17) is 4.74 Å². The molecule has 0 bridgehead atoms. The van der Waals surface area contributed by atoms with Crippen LogP contribution < -0.4 is 0 Å². The van der Waals surface area contributed by atoms with Crippen LogP contribution in [0.15, 0.2) is 24.3 Å². The van der Waals surface area contributed by atoms with Crippen molar-refractivity contribution in [3.8, 4) is 0 Å². The minimum atomic E-state index is -0.209. The first kappa shape index (κ1) is 13.7. The molecule has 3 heteroatoms. The van der Waals surface area contributed by atoms with Crippen molar-refractivity contribution in [3.05, 3.63) is 35.6 Å². The predicted octanol–water partition coefficient (Wildman–Crippen LogP) is 4.32. The van der Waals surface area contributed by atoms with E-state index in [2.05, 4.69) is 29.8 Å². The second-order valence-corrected chi connectivity index (χ2v) is 4.90. The highest BCUT2D eigenvalue weighted by Crippen LogP contribution is 2.20. The van der Waals surface area contributed by atoms with Crippen molar-refractivity contribution in [3.63, 3.8) is 0 Å². The molecular weight excluding hydrogens is 271 g/mol. The largest absolute Gasteiger partial charge is 0.373 e. The quantitative estimate of drug-likeness (QED) is 0.708. The van der Waals surface area contributed by atoms with Crippen LogP contribution in [0.1, 0.15) is 31.9 Å². The number of rotatable bonds is 6. The Kier molecular flexibility index (Phi) is 5.99. The maximum Gasteiger partial charge on any atom is 0.123 e. The number of alkyl halides is 1. The van der Waals surface area contributed by atoms with Crippen molar-refractivity contribution in [2.75, 3.05) is 11.9 Å². The lowest BCUT2D eigenvalue weighted by Crippen LogP contribution is -2.08. The number of hydrogen-bond acceptors (Lipinski definition) is 1. The third-order valence-corrected chi connectivity index (χ3v) is 2.98. The third-order valence-electron chi connectivity index (χ3n) is 2.40. The van der Waals surface area contributed by atoms with Gasteiger partial charge in [0.05, 0.1) is 6.10 Å². The minimum Gasteiger partial charge on any atom is -0.373 e. The van der Waals surface area contributed by atoms with Crippen molar-refractivity contribution in [1.82, 2.24) is 0 Å². The molecule has 0 aliphatic rings. The lowest BCUT2D eigenvalue weighted by atomic mass is 10.1. The zero-order valence-electron chi connectivity index (χ0n) is 9.75. The molecule has 0 saturated heterocycles. The Hall–Kier alpha value is -0.410. The smallest absolute Gasteiger partial charge is 0.123 e. The summed E-state index contributed by atoms with van der Waals surface area (Å²) in [6.07, 6.45) is 1.06. The molecular formula is C13H18BrFO. The van der Waals surface area contributed by atoms with Gasteiger partial charge in [0.2, 0.25) is 0 Å². The summed E-state index contributed by atoms with van der Waals surface area (Å²) in [7, 11) is 0. The van der Waals surface area contributed by atoms with E-state index in [9.17, 15) is 4.39 Å². The zero-order chi connectivity index (χ0) is 12.0. The first-order chi connectivity index (χ1) is 7.63. The van der Waals surface area contributed by atoms with Crippen molar-refractivity contribution in [2.45, 2.75) is 26.4 Å². The fraction of sp³-hybridized carbons (Fsp3) is 0.538. The molecule has 0 aliphatic heterocycles. The van der Waals surface area contributed by atoms with E-state index in [0.717, 1.165) is 23.9 Å². The Balaban J connectivity index is 2.50. The van der Waals surface area contributed by atoms with E-state index < -0.39 is 0 Å². The maximum atomic E-state index is 12.8. The second kappa shape index (κ2) is 7.02. The van der Waals surface area contributed by atoms with Crippen LogP contribution in [0.3, 0.4) is 0 Å². The molecule has 0 aromatic heterocycles. The van der Waals surface area contributed by atoms with Crippen LogP contribution in [0.2, 0.25) is 0 Å². The summed E-state index contributed by atoms with van der Waals surface area (Å²) in [6.45, 7) is 5.08. The van der Waals surface area contributed by atoms with Gasteiger partial charge in [-0.3, -0.25) is 0 Å². The summed E-state index contributed by atoms with van der Waals surface area (Å²) in [4.78, 5) is 0. The predicted molar refractivity (Wildman–Crippen MR) is 68.3 cm³/mol. The van der Waals surface area contributed by atoms with Gasteiger partial charge in [0.25, 0.3) is 0 Å². The van der Waals surface area contributed by atoms with Gasteiger partial charge in [0.15, 0.2) is 0 Å². The molecule has 1 aromatic rings. The van der Waals surface area contributed by atoms with Gasteiger partial charge >= 0.3 is 0 Å². The zero-order valence-corrected chi connectivity index (χ0v) is 11.3. The number of ether oxygens (including phenoxy) is 1. The highest BCUT2D eigenvalue weighted by atomic mass is 79.9. The lowest BCUT2D eigenvalue weighted by Gasteiger charge is -2.16. The molecule has 1 atom stereocenters. The number of halogens is 2. The molecule has 0 heterocycles. The van der Waals surface area contributed by atoms with E-state index >= 15 is 0 Å². The molecule has 1 aromatic carbocycles. The SMILES string of the molecule is CC(C)CCOC(CBr)c1ccc(F)cc1. The van der Waals surface area contributed by atoms with Crippen LogP contribution in [0.5, 0.6) is 0 Å². The molecule has 1 nitrogen and oxygen atoms in total. The van der Waals surface area contributed by atoms with Gasteiger partial charge in [-0.2, -0.15) is 0 Å². The van der Waals surface area contributed by atoms with Gasteiger partial charge in [0.1, 0.15) is 5.82 Å². The first-order valence-corrected chi connectivity index (χ1v) is 6.68. The van der Waals surface area contributed by atoms with Crippen LogP contribution >= 0.6 is 15.9 Å². The van der Waals surface area contributed by atoms with E-state index in [1.54, 1.807) is 12.1 Å². The summed E-state index contributed by atoms with van der Waals surface area (Å²) >= 11 is 3.42. The van der Waals surface area contributed by atoms with Crippen molar-refractivity contribution in [1.29, 1.82) is 0 Å². The average Bonchev–Trinajstić information content (AvgIpc) is 2.26. The molecule has 90 valence electrons. The summed E-state index contributed by atoms with van der Waals surface area (Å²) < 4.78 is 18.5. The molecule has 0 radical (unpaired) electrons. The monoisotopic (exact) mass is 288 g/mol. The normalized spacial score (nSPS) is 13.1. The fourth-order valence-electron chi connectivity index (χ4n) is 1.35. The van der Waals surface area contributed by atoms with Crippen LogP contribution in [-0.4, -0.2) is 11.9 Å². The second-order valence-electron chi connectivity index (χ2n) is 4.25. The van der Waals surface area contributed by atoms with Crippen molar-refractivity contribution >= 4 is 15.9 Å². The van der Waals surface area contributed by atoms with Gasteiger partial charge in [-0.25, -0.2) is 4.39 Å². The van der Waals surface area contributed by atoms with Gasteiger partial charge < -0.3 is 4.74 Å². The standard InChI is InChI=1S/C13H18BrFO/c1-10(2)7-8-16-13(9-14)11-3-5-12(15)6-4-11/h3-6,10,13H,7-9H2,1-2H3. The average molecular weight is 289 g/mol. The summed E-state index contributed by atoms with van der Waals surface area (Å²) in [5.74, 6) is 0.434. The third kappa shape index (κ3) is 4.62. The van der Waals surface area contributed by atoms with Crippen molar-refractivity contribution < 1.29 is 9.13 Å².